The third kappa shape index (κ3) is 7.81. The third-order valence-electron chi connectivity index (χ3n) is 5.74. The molecule has 1 fully saturated rings. The monoisotopic (exact) mass is 540 g/mol. The van der Waals surface area contributed by atoms with Crippen molar-refractivity contribution >= 4 is 27.7 Å². The molecule has 1 aliphatic rings. The van der Waals surface area contributed by atoms with Crippen LogP contribution in [0.4, 0.5) is 4.79 Å². The molecule has 0 radical (unpaired) electrons. The van der Waals surface area contributed by atoms with Crippen molar-refractivity contribution in [3.8, 4) is 5.75 Å². The number of hydrogen-bond donors (Lipinski definition) is 3. The van der Waals surface area contributed by atoms with Crippen molar-refractivity contribution in [1.82, 2.24) is 9.62 Å². The van der Waals surface area contributed by atoms with Crippen molar-refractivity contribution in [1.29, 1.82) is 0 Å². The molecule has 1 amide bonds. The molecule has 0 bridgehead atoms. The number of hydrogen-bond acceptors (Lipinski definition) is 7. The quantitative estimate of drug-likeness (QED) is 0.399. The second-order valence-electron chi connectivity index (χ2n) is 9.23. The van der Waals surface area contributed by atoms with Crippen molar-refractivity contribution in [3.63, 3.8) is 0 Å². The number of benzene rings is 2. The standard InChI is InChI=1S/C25H33ClN2O7S/c1-17(2)14-28(36(32,33)20-8-9-21(26)23(29)13-20)15-24(30)22(12-18-6-4-3-5-7-18)27-25(31)35-19-10-11-34-16-19/h3-9,13,17,19,22,24,29-30H,10-12,14-16H2,1-2H3,(H,27,31)/t19?,22-,24+/m0/s1. The molecule has 0 aliphatic carbocycles. The van der Waals surface area contributed by atoms with E-state index in [0.29, 0.717) is 19.6 Å². The Morgan fingerprint density at radius 1 is 1.22 bits per heavy atom. The lowest BCUT2D eigenvalue weighted by molar-refractivity contribution is 0.0644. The number of nitrogens with one attached hydrogen (secondary N) is 1. The predicted molar refractivity (Wildman–Crippen MR) is 135 cm³/mol. The van der Waals surface area contributed by atoms with E-state index < -0.39 is 28.3 Å². The topological polar surface area (TPSA) is 125 Å². The van der Waals surface area contributed by atoms with Gasteiger partial charge in [0.1, 0.15) is 11.9 Å². The molecule has 11 heteroatoms. The van der Waals surface area contributed by atoms with Crippen LogP contribution in [0.3, 0.4) is 0 Å². The van der Waals surface area contributed by atoms with Gasteiger partial charge in [0.25, 0.3) is 0 Å². The molecule has 2 aromatic rings. The minimum absolute atomic E-state index is 0.0303. The van der Waals surface area contributed by atoms with Gasteiger partial charge < -0.3 is 25.0 Å². The highest BCUT2D eigenvalue weighted by Gasteiger charge is 2.32. The van der Waals surface area contributed by atoms with E-state index >= 15 is 0 Å². The molecule has 3 atom stereocenters. The molecule has 0 aromatic heterocycles. The predicted octanol–water partition coefficient (Wildman–Crippen LogP) is 3.18. The largest absolute Gasteiger partial charge is 0.506 e. The number of halogens is 1. The van der Waals surface area contributed by atoms with Crippen molar-refractivity contribution in [2.24, 2.45) is 5.92 Å². The van der Waals surface area contributed by atoms with E-state index in [-0.39, 0.29) is 47.2 Å². The lowest BCUT2D eigenvalue weighted by Gasteiger charge is -2.30. The van der Waals surface area contributed by atoms with Gasteiger partial charge in [0.05, 0.1) is 35.3 Å². The van der Waals surface area contributed by atoms with Crippen LogP contribution < -0.4 is 5.32 Å². The number of phenolic OH excluding ortho intramolecular Hbond substituents is 1. The number of amides is 1. The molecule has 0 spiro atoms. The van der Waals surface area contributed by atoms with E-state index in [0.717, 1.165) is 15.9 Å². The van der Waals surface area contributed by atoms with Gasteiger partial charge in [-0.15, -0.1) is 0 Å². The van der Waals surface area contributed by atoms with Crippen LogP contribution >= 0.6 is 11.6 Å². The normalized spacial score (nSPS) is 17.8. The fourth-order valence-electron chi connectivity index (χ4n) is 3.91. The summed E-state index contributed by atoms with van der Waals surface area (Å²) in [5, 5.41) is 23.9. The van der Waals surface area contributed by atoms with E-state index in [4.69, 9.17) is 21.1 Å². The molecular weight excluding hydrogens is 508 g/mol. The van der Waals surface area contributed by atoms with E-state index in [1.807, 2.05) is 44.2 Å². The van der Waals surface area contributed by atoms with Gasteiger partial charge in [0.15, 0.2) is 0 Å². The summed E-state index contributed by atoms with van der Waals surface area (Å²) in [7, 11) is -4.09. The summed E-state index contributed by atoms with van der Waals surface area (Å²) >= 11 is 5.85. The van der Waals surface area contributed by atoms with E-state index in [1.165, 1.54) is 12.1 Å². The highest BCUT2D eigenvalue weighted by atomic mass is 35.5. The summed E-state index contributed by atoms with van der Waals surface area (Å²) in [5.74, 6) is -0.411. The Labute approximate surface area is 217 Å². The Morgan fingerprint density at radius 3 is 2.56 bits per heavy atom. The number of sulfonamides is 1. The van der Waals surface area contributed by atoms with Gasteiger partial charge in [-0.2, -0.15) is 4.31 Å². The SMILES string of the molecule is CC(C)CN(C[C@@H](O)[C@H](Cc1ccccc1)NC(=O)OC1CCOC1)S(=O)(=O)c1ccc(Cl)c(O)c1. The van der Waals surface area contributed by atoms with E-state index in [2.05, 4.69) is 5.32 Å². The van der Waals surface area contributed by atoms with Gasteiger partial charge >= 0.3 is 6.09 Å². The summed E-state index contributed by atoms with van der Waals surface area (Å²) in [5.41, 5.74) is 0.854. The second kappa shape index (κ2) is 12.7. The first kappa shape index (κ1) is 28.2. The maximum atomic E-state index is 13.4. The lowest BCUT2D eigenvalue weighted by Crippen LogP contribution is -2.51. The summed E-state index contributed by atoms with van der Waals surface area (Å²) < 4.78 is 38.7. The van der Waals surface area contributed by atoms with Crippen molar-refractivity contribution in [3.05, 3.63) is 59.1 Å². The number of carbonyl (C=O) groups excluding carboxylic acids is 1. The molecule has 9 nitrogen and oxygen atoms in total. The summed E-state index contributed by atoms with van der Waals surface area (Å²) in [6.45, 7) is 4.37. The smallest absolute Gasteiger partial charge is 0.407 e. The van der Waals surface area contributed by atoms with E-state index in [9.17, 15) is 23.4 Å². The number of nitrogens with zero attached hydrogens (tertiary/aromatic N) is 1. The molecule has 3 rings (SSSR count). The van der Waals surface area contributed by atoms with Crippen molar-refractivity contribution in [2.75, 3.05) is 26.3 Å². The third-order valence-corrected chi connectivity index (χ3v) is 7.89. The molecule has 0 saturated carbocycles. The number of rotatable bonds is 11. The molecule has 1 saturated heterocycles. The number of alkyl carbamates (subject to hydrolysis) is 1. The fraction of sp³-hybridized carbons (Fsp3) is 0.480. The number of aliphatic hydroxyl groups is 1. The van der Waals surface area contributed by atoms with Crippen LogP contribution in [0.25, 0.3) is 0 Å². The Hall–Kier alpha value is -2.37. The molecule has 36 heavy (non-hydrogen) atoms. The molecule has 1 heterocycles. The zero-order valence-corrected chi connectivity index (χ0v) is 21.9. The Morgan fingerprint density at radius 2 is 1.94 bits per heavy atom. The van der Waals surface area contributed by atoms with Crippen molar-refractivity contribution < 1.29 is 32.9 Å². The highest BCUT2D eigenvalue weighted by Crippen LogP contribution is 2.28. The Kier molecular flexibility index (Phi) is 9.98. The van der Waals surface area contributed by atoms with Crippen LogP contribution in [-0.4, -0.2) is 73.6 Å². The molecule has 2 aromatic carbocycles. The van der Waals surface area contributed by atoms with Crippen LogP contribution in [0.2, 0.25) is 5.02 Å². The summed E-state index contributed by atoms with van der Waals surface area (Å²) in [6.07, 6.45) is -1.48. The summed E-state index contributed by atoms with van der Waals surface area (Å²) in [4.78, 5) is 12.4. The van der Waals surface area contributed by atoms with Crippen LogP contribution in [0.15, 0.2) is 53.4 Å². The zero-order valence-electron chi connectivity index (χ0n) is 20.3. The molecule has 1 aliphatic heterocycles. The van der Waals surface area contributed by atoms with Crippen molar-refractivity contribution in [2.45, 2.75) is 49.8 Å². The number of carbonyl (C=O) groups is 1. The molecule has 198 valence electrons. The number of ether oxygens (including phenoxy) is 2. The maximum Gasteiger partial charge on any atom is 0.407 e. The Balaban J connectivity index is 1.82. The van der Waals surface area contributed by atoms with Gasteiger partial charge in [0, 0.05) is 25.6 Å². The first-order valence-electron chi connectivity index (χ1n) is 11.8. The Bertz CT molecular complexity index is 1110. The first-order chi connectivity index (χ1) is 17.1. The van der Waals surface area contributed by atoms with Gasteiger partial charge in [-0.3, -0.25) is 0 Å². The molecule has 1 unspecified atom stereocenters. The average Bonchev–Trinajstić information content (AvgIpc) is 3.33. The van der Waals surface area contributed by atoms with Crippen LogP contribution in [0.5, 0.6) is 5.75 Å². The van der Waals surface area contributed by atoms with Gasteiger partial charge in [-0.1, -0.05) is 55.8 Å². The minimum Gasteiger partial charge on any atom is -0.506 e. The fourth-order valence-corrected chi connectivity index (χ4v) is 5.67. The maximum absolute atomic E-state index is 13.4. The zero-order chi connectivity index (χ0) is 26.3. The molecular formula is C25H33ClN2O7S. The minimum atomic E-state index is -4.09. The number of phenols is 1. The average molecular weight is 541 g/mol. The van der Waals surface area contributed by atoms with Crippen LogP contribution in [-0.2, 0) is 25.9 Å². The molecule has 3 N–H and O–H groups in total. The van der Waals surface area contributed by atoms with Gasteiger partial charge in [0.2, 0.25) is 10.0 Å². The van der Waals surface area contributed by atoms with Crippen LogP contribution in [0, 0.1) is 5.92 Å². The van der Waals surface area contributed by atoms with Crippen LogP contribution in [0.1, 0.15) is 25.8 Å². The van der Waals surface area contributed by atoms with Gasteiger partial charge in [-0.25, -0.2) is 13.2 Å². The first-order valence-corrected chi connectivity index (χ1v) is 13.6. The van der Waals surface area contributed by atoms with Gasteiger partial charge in [-0.05, 0) is 30.0 Å². The lowest BCUT2D eigenvalue weighted by atomic mass is 10.0. The number of aromatic hydroxyl groups is 1. The summed E-state index contributed by atoms with van der Waals surface area (Å²) in [6, 6.07) is 12.1. The number of aliphatic hydroxyl groups excluding tert-OH is 1. The highest BCUT2D eigenvalue weighted by molar-refractivity contribution is 7.89. The second-order valence-corrected chi connectivity index (χ2v) is 11.6. The van der Waals surface area contributed by atoms with E-state index in [1.54, 1.807) is 0 Å².